The highest BCUT2D eigenvalue weighted by molar-refractivity contribution is 7.26. The highest BCUT2D eigenvalue weighted by Gasteiger charge is 2.23. The summed E-state index contributed by atoms with van der Waals surface area (Å²) >= 11 is 1.91. The van der Waals surface area contributed by atoms with Crippen LogP contribution in [0.25, 0.3) is 125 Å². The van der Waals surface area contributed by atoms with Crippen LogP contribution in [0, 0.1) is 0 Å². The van der Waals surface area contributed by atoms with Crippen LogP contribution >= 0.6 is 11.3 Å². The summed E-state index contributed by atoms with van der Waals surface area (Å²) in [6.45, 7) is 0. The van der Waals surface area contributed by atoms with Crippen molar-refractivity contribution in [3.05, 3.63) is 212 Å². The first-order chi connectivity index (χ1) is 30.7. The molecule has 62 heavy (non-hydrogen) atoms. The molecule has 0 bridgehead atoms. The van der Waals surface area contributed by atoms with Gasteiger partial charge < -0.3 is 4.57 Å². The van der Waals surface area contributed by atoms with Crippen LogP contribution in [0.15, 0.2) is 212 Å². The maximum absolute atomic E-state index is 5.15. The van der Waals surface area contributed by atoms with Gasteiger partial charge in [-0.1, -0.05) is 176 Å². The number of nitrogens with zero attached hydrogens (tertiary/aromatic N) is 3. The molecule has 3 nitrogen and oxygen atoms in total. The Bertz CT molecular complexity index is 3840. The highest BCUT2D eigenvalue weighted by Crippen LogP contribution is 2.48. The molecule has 0 saturated heterocycles. The van der Waals surface area contributed by atoms with Crippen molar-refractivity contribution >= 4 is 85.6 Å². The van der Waals surface area contributed by atoms with Gasteiger partial charge in [0, 0.05) is 58.7 Å². The van der Waals surface area contributed by atoms with Crippen molar-refractivity contribution in [2.45, 2.75) is 0 Å². The minimum absolute atomic E-state index is 0.711. The first kappa shape index (κ1) is 34.9. The van der Waals surface area contributed by atoms with Gasteiger partial charge in [-0.2, -0.15) is 0 Å². The second kappa shape index (κ2) is 13.8. The predicted molar refractivity (Wildman–Crippen MR) is 264 cm³/mol. The molecule has 13 aromatic rings. The lowest BCUT2D eigenvalue weighted by molar-refractivity contribution is 1.17. The van der Waals surface area contributed by atoms with E-state index in [4.69, 9.17) is 9.97 Å². The summed E-state index contributed by atoms with van der Waals surface area (Å²) in [5, 5.41) is 12.7. The Morgan fingerprint density at radius 2 is 0.968 bits per heavy atom. The molecule has 0 aliphatic heterocycles. The Morgan fingerprint density at radius 3 is 1.73 bits per heavy atom. The second-order valence-electron chi connectivity index (χ2n) is 16.1. The van der Waals surface area contributed by atoms with E-state index >= 15 is 0 Å². The Morgan fingerprint density at radius 1 is 0.371 bits per heavy atom. The van der Waals surface area contributed by atoms with E-state index in [1.165, 1.54) is 85.4 Å². The molecule has 0 spiro atoms. The van der Waals surface area contributed by atoms with Crippen LogP contribution < -0.4 is 0 Å². The zero-order valence-electron chi connectivity index (χ0n) is 33.5. The molecule has 0 atom stereocenters. The van der Waals surface area contributed by atoms with Gasteiger partial charge in [0.15, 0.2) is 5.82 Å². The van der Waals surface area contributed by atoms with Crippen molar-refractivity contribution in [3.8, 4) is 50.7 Å². The predicted octanol–water partition coefficient (Wildman–Crippen LogP) is 16.1. The summed E-state index contributed by atoms with van der Waals surface area (Å²) in [5.74, 6) is 0.711. The van der Waals surface area contributed by atoms with Crippen molar-refractivity contribution < 1.29 is 0 Å². The molecular formula is C58H35N3S. The van der Waals surface area contributed by atoms with Gasteiger partial charge in [-0.15, -0.1) is 11.3 Å². The first-order valence-corrected chi connectivity index (χ1v) is 21.9. The van der Waals surface area contributed by atoms with Crippen LogP contribution in [-0.4, -0.2) is 14.5 Å². The summed E-state index contributed by atoms with van der Waals surface area (Å²) in [4.78, 5) is 10.2. The molecule has 0 fully saturated rings. The monoisotopic (exact) mass is 805 g/mol. The lowest BCUT2D eigenvalue weighted by Crippen LogP contribution is -1.97. The van der Waals surface area contributed by atoms with E-state index in [0.717, 1.165) is 33.8 Å². The number of thiophene rings is 1. The van der Waals surface area contributed by atoms with Gasteiger partial charge in [0.2, 0.25) is 0 Å². The fourth-order valence-electron chi connectivity index (χ4n) is 9.75. The Hall–Kier alpha value is -7.92. The summed E-state index contributed by atoms with van der Waals surface area (Å²) in [5.41, 5.74) is 10.9. The molecule has 13 rings (SSSR count). The van der Waals surface area contributed by atoms with Crippen LogP contribution in [-0.2, 0) is 0 Å². The number of aromatic nitrogens is 3. The number of fused-ring (bicyclic) bond motifs is 13. The quantitative estimate of drug-likeness (QED) is 0.162. The standard InChI is InChI=1S/C58H35N3S/c1-3-15-37(16-4-1)50-35-51(60-58(59-50)39-17-5-2-6-18-39)38-26-29-41(30-27-38)61-52-32-31-48-49-34-40(43-25-13-19-36-14-7-8-20-42(36)43)28-33-53(49)62-57(48)55(52)54-46-23-11-9-21-44(46)45-22-10-12-24-47(45)56(54)61/h1-35H. The van der Waals surface area contributed by atoms with Crippen LogP contribution in [0.2, 0.25) is 0 Å². The molecule has 288 valence electrons. The van der Waals surface area contributed by atoms with E-state index in [0.29, 0.717) is 5.82 Å². The van der Waals surface area contributed by atoms with Crippen LogP contribution in [0.4, 0.5) is 0 Å². The third kappa shape index (κ3) is 5.37. The molecule has 0 N–H and O–H groups in total. The fraction of sp³-hybridized carbons (Fsp3) is 0. The summed E-state index contributed by atoms with van der Waals surface area (Å²) < 4.78 is 5.11. The molecule has 3 aromatic heterocycles. The zero-order chi connectivity index (χ0) is 40.7. The fourth-order valence-corrected chi connectivity index (χ4v) is 11.0. The maximum Gasteiger partial charge on any atom is 0.160 e. The summed E-state index contributed by atoms with van der Waals surface area (Å²) in [6, 6.07) is 76.6. The van der Waals surface area contributed by atoms with E-state index in [1.54, 1.807) is 0 Å². The lowest BCUT2D eigenvalue weighted by atomic mass is 9.95. The van der Waals surface area contributed by atoms with Gasteiger partial charge in [0.1, 0.15) is 0 Å². The molecular weight excluding hydrogens is 771 g/mol. The number of hydrogen-bond acceptors (Lipinski definition) is 3. The van der Waals surface area contributed by atoms with Crippen molar-refractivity contribution in [3.63, 3.8) is 0 Å². The SMILES string of the molecule is c1ccc(-c2cc(-c3ccc(-n4c5ccc6c7cc(-c8cccc9ccccc89)ccc7sc6c5c5c6ccccc6c6ccccc6c54)cc3)nc(-c3ccccc3)n2)cc1. The average Bonchev–Trinajstić information content (AvgIpc) is 3.91. The van der Waals surface area contributed by atoms with Crippen LogP contribution in [0.3, 0.4) is 0 Å². The average molecular weight is 806 g/mol. The number of hydrogen-bond donors (Lipinski definition) is 0. The highest BCUT2D eigenvalue weighted by atomic mass is 32.1. The van der Waals surface area contributed by atoms with Crippen molar-refractivity contribution in [1.82, 2.24) is 14.5 Å². The molecule has 0 amide bonds. The molecule has 3 heterocycles. The van der Waals surface area contributed by atoms with Gasteiger partial charge in [-0.25, -0.2) is 9.97 Å². The van der Waals surface area contributed by atoms with Crippen LogP contribution in [0.5, 0.6) is 0 Å². The van der Waals surface area contributed by atoms with E-state index in [2.05, 4.69) is 193 Å². The Balaban J connectivity index is 1.05. The number of rotatable bonds is 5. The van der Waals surface area contributed by atoms with Gasteiger partial charge in [0.25, 0.3) is 0 Å². The third-order valence-corrected chi connectivity index (χ3v) is 13.8. The molecule has 10 aromatic carbocycles. The van der Waals surface area contributed by atoms with E-state index in [1.807, 2.05) is 35.6 Å². The number of benzene rings is 10. The third-order valence-electron chi connectivity index (χ3n) is 12.6. The molecule has 0 saturated carbocycles. The summed E-state index contributed by atoms with van der Waals surface area (Å²) in [7, 11) is 0. The van der Waals surface area contributed by atoms with E-state index < -0.39 is 0 Å². The van der Waals surface area contributed by atoms with Crippen molar-refractivity contribution in [1.29, 1.82) is 0 Å². The Labute approximate surface area is 361 Å². The zero-order valence-corrected chi connectivity index (χ0v) is 34.3. The first-order valence-electron chi connectivity index (χ1n) is 21.1. The van der Waals surface area contributed by atoms with E-state index in [9.17, 15) is 0 Å². The van der Waals surface area contributed by atoms with Crippen molar-refractivity contribution in [2.24, 2.45) is 0 Å². The molecule has 0 radical (unpaired) electrons. The molecule has 0 aliphatic rings. The lowest BCUT2D eigenvalue weighted by Gasteiger charge is -2.13. The largest absolute Gasteiger partial charge is 0.309 e. The molecule has 0 aliphatic carbocycles. The molecule has 0 unspecified atom stereocenters. The van der Waals surface area contributed by atoms with Crippen LogP contribution in [0.1, 0.15) is 0 Å². The Kier molecular flexibility index (Phi) is 7.78. The molecule has 4 heteroatoms. The van der Waals surface area contributed by atoms with Gasteiger partial charge in [0.05, 0.1) is 22.4 Å². The van der Waals surface area contributed by atoms with Gasteiger partial charge >= 0.3 is 0 Å². The van der Waals surface area contributed by atoms with Gasteiger partial charge in [-0.3, -0.25) is 0 Å². The topological polar surface area (TPSA) is 30.7 Å². The van der Waals surface area contributed by atoms with Crippen molar-refractivity contribution in [2.75, 3.05) is 0 Å². The minimum Gasteiger partial charge on any atom is -0.309 e. The smallest absolute Gasteiger partial charge is 0.160 e. The second-order valence-corrected chi connectivity index (χ2v) is 17.1. The van der Waals surface area contributed by atoms with E-state index in [-0.39, 0.29) is 0 Å². The van der Waals surface area contributed by atoms with Gasteiger partial charge in [-0.05, 0) is 74.5 Å². The normalized spacial score (nSPS) is 11.9. The maximum atomic E-state index is 5.15. The summed E-state index contributed by atoms with van der Waals surface area (Å²) in [6.07, 6.45) is 0. The minimum atomic E-state index is 0.711.